The van der Waals surface area contributed by atoms with Gasteiger partial charge in [0, 0.05) is 12.5 Å². The lowest BCUT2D eigenvalue weighted by Crippen LogP contribution is -2.06. The molecule has 5 nitrogen and oxygen atoms in total. The average Bonchev–Trinajstić information content (AvgIpc) is 2.44. The van der Waals surface area contributed by atoms with Crippen molar-refractivity contribution in [3.05, 3.63) is 42.5 Å². The quantitative estimate of drug-likeness (QED) is 0.651. The second kappa shape index (κ2) is 6.17. The molecule has 0 aliphatic carbocycles. The van der Waals surface area contributed by atoms with Gasteiger partial charge in [0.05, 0.1) is 6.61 Å². The summed E-state index contributed by atoms with van der Waals surface area (Å²) in [5.41, 5.74) is 0. The highest BCUT2D eigenvalue weighted by atomic mass is 31.2. The van der Waals surface area contributed by atoms with E-state index in [1.165, 1.54) is 0 Å². The third-order valence-electron chi connectivity index (χ3n) is 2.58. The monoisotopic (exact) mass is 282 g/mol. The van der Waals surface area contributed by atoms with Gasteiger partial charge in [0.1, 0.15) is 12.4 Å². The van der Waals surface area contributed by atoms with Crippen LogP contribution in [-0.4, -0.2) is 25.2 Å². The van der Waals surface area contributed by atoms with E-state index < -0.39 is 7.82 Å². The van der Waals surface area contributed by atoms with Crippen molar-refractivity contribution in [2.24, 2.45) is 0 Å². The van der Waals surface area contributed by atoms with E-state index in [-0.39, 0.29) is 13.2 Å². The second-order valence-electron chi connectivity index (χ2n) is 3.81. The van der Waals surface area contributed by atoms with Gasteiger partial charge in [0.25, 0.3) is 0 Å². The van der Waals surface area contributed by atoms with Crippen molar-refractivity contribution >= 4 is 18.6 Å². The Balaban J connectivity index is 1.97. The fourth-order valence-corrected chi connectivity index (χ4v) is 2.09. The molecule has 102 valence electrons. The lowest BCUT2D eigenvalue weighted by molar-refractivity contribution is 0.146. The van der Waals surface area contributed by atoms with Gasteiger partial charge in [0.2, 0.25) is 0 Å². The first-order valence-electron chi connectivity index (χ1n) is 5.76. The first-order valence-corrected chi connectivity index (χ1v) is 7.25. The van der Waals surface area contributed by atoms with E-state index >= 15 is 0 Å². The summed E-state index contributed by atoms with van der Waals surface area (Å²) in [7, 11) is -2.81. The summed E-state index contributed by atoms with van der Waals surface area (Å²) in [6, 6.07) is 13.6. The third kappa shape index (κ3) is 3.78. The predicted octanol–water partition coefficient (Wildman–Crippen LogP) is 2.98. The zero-order valence-corrected chi connectivity index (χ0v) is 11.4. The summed E-state index contributed by atoms with van der Waals surface area (Å²) in [5.74, 6) is 0.715. The molecule has 1 atom stereocenters. The van der Waals surface area contributed by atoms with Crippen molar-refractivity contribution in [1.82, 2.24) is 0 Å². The van der Waals surface area contributed by atoms with Crippen molar-refractivity contribution in [2.75, 3.05) is 20.3 Å². The van der Waals surface area contributed by atoms with E-state index in [4.69, 9.17) is 9.63 Å². The van der Waals surface area contributed by atoms with Gasteiger partial charge in [-0.05, 0) is 11.5 Å². The molecular weight excluding hydrogens is 267 g/mol. The number of hydrogen-bond donors (Lipinski definition) is 1. The van der Waals surface area contributed by atoms with Crippen molar-refractivity contribution in [3.8, 4) is 5.75 Å². The van der Waals surface area contributed by atoms with Crippen LogP contribution < -0.4 is 4.74 Å². The number of fused-ring (bicyclic) bond motifs is 1. The minimum atomic E-state index is -3.92. The molecule has 2 aromatic rings. The Morgan fingerprint density at radius 1 is 1.11 bits per heavy atom. The van der Waals surface area contributed by atoms with Crippen LogP contribution in [0.4, 0.5) is 0 Å². The van der Waals surface area contributed by atoms with E-state index in [0.717, 1.165) is 17.9 Å². The molecule has 0 amide bonds. The lowest BCUT2D eigenvalue weighted by Gasteiger charge is -2.11. The normalized spacial score (nSPS) is 14.2. The maximum Gasteiger partial charge on any atom is 0.472 e. The van der Waals surface area contributed by atoms with Crippen molar-refractivity contribution in [2.45, 2.75) is 0 Å². The van der Waals surface area contributed by atoms with E-state index in [0.29, 0.717) is 5.75 Å². The number of hydrogen-bond acceptors (Lipinski definition) is 4. The molecule has 1 N–H and O–H groups in total. The molecule has 0 aliphatic heterocycles. The zero-order valence-electron chi connectivity index (χ0n) is 10.5. The number of phosphoric ester groups is 1. The highest BCUT2D eigenvalue weighted by molar-refractivity contribution is 7.47. The standard InChI is InChI=1S/C13H15O5P/c1-16-19(14,15)18-10-9-17-13-8-4-6-11-5-2-3-7-12(11)13/h2-8H,9-10H2,1H3,(H,14,15). The van der Waals surface area contributed by atoms with Crippen LogP contribution in [0.3, 0.4) is 0 Å². The van der Waals surface area contributed by atoms with Gasteiger partial charge < -0.3 is 9.63 Å². The number of rotatable bonds is 6. The van der Waals surface area contributed by atoms with Crippen LogP contribution in [0, 0.1) is 0 Å². The van der Waals surface area contributed by atoms with E-state index in [2.05, 4.69) is 9.05 Å². The van der Waals surface area contributed by atoms with E-state index in [1.54, 1.807) is 0 Å². The van der Waals surface area contributed by atoms with Crippen LogP contribution in [0.15, 0.2) is 42.5 Å². The molecule has 0 radical (unpaired) electrons. The SMILES string of the molecule is COP(=O)(O)OCCOc1cccc2ccccc12. The second-order valence-corrected chi connectivity index (χ2v) is 5.37. The highest BCUT2D eigenvalue weighted by Crippen LogP contribution is 2.41. The number of benzene rings is 2. The molecule has 0 spiro atoms. The van der Waals surface area contributed by atoms with Crippen LogP contribution in [0.5, 0.6) is 5.75 Å². The Kier molecular flexibility index (Phi) is 4.56. The van der Waals surface area contributed by atoms with E-state index in [9.17, 15) is 4.57 Å². The van der Waals surface area contributed by atoms with Crippen molar-refractivity contribution in [3.63, 3.8) is 0 Å². The minimum absolute atomic E-state index is 0.0230. The summed E-state index contributed by atoms with van der Waals surface area (Å²) in [6.07, 6.45) is 0. The van der Waals surface area contributed by atoms with Crippen molar-refractivity contribution in [1.29, 1.82) is 0 Å². The van der Waals surface area contributed by atoms with Gasteiger partial charge in [-0.15, -0.1) is 0 Å². The molecule has 0 heterocycles. The number of ether oxygens (including phenoxy) is 1. The molecule has 0 saturated heterocycles. The maximum atomic E-state index is 11.1. The van der Waals surface area contributed by atoms with Crippen LogP contribution in [0.25, 0.3) is 10.8 Å². The van der Waals surface area contributed by atoms with Crippen LogP contribution >= 0.6 is 7.82 Å². The first kappa shape index (κ1) is 14.0. The lowest BCUT2D eigenvalue weighted by atomic mass is 10.1. The maximum absolute atomic E-state index is 11.1. The molecular formula is C13H15O5P. The molecule has 0 saturated carbocycles. The van der Waals surface area contributed by atoms with Gasteiger partial charge >= 0.3 is 7.82 Å². The van der Waals surface area contributed by atoms with Crippen molar-refractivity contribution < 1.29 is 23.2 Å². The van der Waals surface area contributed by atoms with Gasteiger partial charge in [-0.2, -0.15) is 0 Å². The molecule has 2 rings (SSSR count). The predicted molar refractivity (Wildman–Crippen MR) is 72.2 cm³/mol. The fraction of sp³-hybridized carbons (Fsp3) is 0.231. The van der Waals surface area contributed by atoms with E-state index in [1.807, 2.05) is 42.5 Å². The molecule has 0 fully saturated rings. The Labute approximate surface area is 111 Å². The molecule has 6 heteroatoms. The summed E-state index contributed by atoms with van der Waals surface area (Å²) in [4.78, 5) is 9.05. The highest BCUT2D eigenvalue weighted by Gasteiger charge is 2.17. The topological polar surface area (TPSA) is 65.0 Å². The van der Waals surface area contributed by atoms with Crippen LogP contribution in [-0.2, 0) is 13.6 Å². The Morgan fingerprint density at radius 3 is 2.63 bits per heavy atom. The summed E-state index contributed by atoms with van der Waals surface area (Å²) in [6.45, 7) is 0.146. The fourth-order valence-electron chi connectivity index (χ4n) is 1.68. The molecule has 1 unspecified atom stereocenters. The van der Waals surface area contributed by atoms with Gasteiger partial charge in [-0.3, -0.25) is 9.05 Å². The van der Waals surface area contributed by atoms with Crippen LogP contribution in [0.1, 0.15) is 0 Å². The largest absolute Gasteiger partial charge is 0.491 e. The number of phosphoric acid groups is 1. The summed E-state index contributed by atoms with van der Waals surface area (Å²) in [5, 5.41) is 2.06. The van der Waals surface area contributed by atoms with Crippen LogP contribution in [0.2, 0.25) is 0 Å². The smallest absolute Gasteiger partial charge is 0.472 e. The minimum Gasteiger partial charge on any atom is -0.491 e. The zero-order chi connectivity index (χ0) is 13.7. The molecule has 2 aromatic carbocycles. The third-order valence-corrected chi connectivity index (χ3v) is 3.55. The molecule has 19 heavy (non-hydrogen) atoms. The molecule has 0 bridgehead atoms. The van der Waals surface area contributed by atoms with Gasteiger partial charge in [-0.1, -0.05) is 36.4 Å². The Hall–Kier alpha value is -1.39. The average molecular weight is 282 g/mol. The van der Waals surface area contributed by atoms with Gasteiger partial charge in [-0.25, -0.2) is 4.57 Å². The summed E-state index contributed by atoms with van der Waals surface area (Å²) < 4.78 is 25.6. The molecule has 0 aromatic heterocycles. The Bertz CT molecular complexity index is 593. The van der Waals surface area contributed by atoms with Gasteiger partial charge in [0.15, 0.2) is 0 Å². The first-order chi connectivity index (χ1) is 9.12. The molecule has 0 aliphatic rings. The Morgan fingerprint density at radius 2 is 1.84 bits per heavy atom. The summed E-state index contributed by atoms with van der Waals surface area (Å²) >= 11 is 0.